The fourth-order valence-corrected chi connectivity index (χ4v) is 1.48. The molecule has 31 heavy (non-hydrogen) atoms. The summed E-state index contributed by atoms with van der Waals surface area (Å²) in [5.41, 5.74) is -2.32. The van der Waals surface area contributed by atoms with Gasteiger partial charge in [0.15, 0.2) is 0 Å². The predicted octanol–water partition coefficient (Wildman–Crippen LogP) is -2.97. The first kappa shape index (κ1) is 33.6. The molecule has 0 spiro atoms. The van der Waals surface area contributed by atoms with E-state index in [0.29, 0.717) is 0 Å². The van der Waals surface area contributed by atoms with E-state index in [0.717, 1.165) is 0 Å². The van der Waals surface area contributed by atoms with Gasteiger partial charge >= 0.3 is 11.9 Å². The molecule has 0 bridgehead atoms. The molecule has 0 heterocycles. The number of carbonyl (C=O) groups is 4. The number of carbonyl (C=O) groups excluding carboxylic acids is 2. The number of rotatable bonds is 14. The van der Waals surface area contributed by atoms with Gasteiger partial charge in [-0.1, -0.05) is 0 Å². The van der Waals surface area contributed by atoms with Gasteiger partial charge < -0.3 is 45.6 Å². The summed E-state index contributed by atoms with van der Waals surface area (Å²) in [5.74, 6) is -2.75. The van der Waals surface area contributed by atoms with Gasteiger partial charge in [0.25, 0.3) is 0 Å². The number of aliphatic hydroxyl groups excluding tert-OH is 6. The van der Waals surface area contributed by atoms with Crippen molar-refractivity contribution < 1.29 is 64.8 Å². The first-order valence-corrected chi connectivity index (χ1v) is 8.98. The van der Waals surface area contributed by atoms with E-state index in [1.165, 1.54) is 13.8 Å². The lowest BCUT2D eigenvalue weighted by atomic mass is 9.91. The first-order valence-electron chi connectivity index (χ1n) is 8.98. The largest absolute Gasteiger partial charge is 0.481 e. The SMILES string of the molecule is CC(=O)CC(=O)O.CC(=O)CC(=O)O.OCC(CO)(CO)COCC(CO)(CO)CO. The van der Waals surface area contributed by atoms with Gasteiger partial charge in [-0.2, -0.15) is 0 Å². The molecule has 0 saturated heterocycles. The summed E-state index contributed by atoms with van der Waals surface area (Å²) in [6, 6.07) is 0. The van der Waals surface area contributed by atoms with Gasteiger partial charge in [0.2, 0.25) is 0 Å². The lowest BCUT2D eigenvalue weighted by Gasteiger charge is -2.31. The monoisotopic (exact) mass is 458 g/mol. The summed E-state index contributed by atoms with van der Waals surface area (Å²) in [6.07, 6.45) is -0.722. The maximum absolute atomic E-state index is 9.87. The summed E-state index contributed by atoms with van der Waals surface area (Å²) in [4.78, 5) is 38.9. The van der Waals surface area contributed by atoms with Crippen LogP contribution in [0.25, 0.3) is 0 Å². The molecule has 0 unspecified atom stereocenters. The van der Waals surface area contributed by atoms with Crippen LogP contribution in [0.15, 0.2) is 0 Å². The van der Waals surface area contributed by atoms with Crippen LogP contribution in [0.1, 0.15) is 26.7 Å². The van der Waals surface area contributed by atoms with E-state index in [2.05, 4.69) is 0 Å². The standard InChI is InChI=1S/C10H22O7.2C4H6O3/c11-1-9(2-12,3-13)7-17-8-10(4-14,5-15)6-16;2*1-3(5)2-4(6)7/h11-16H,1-8H2;2*2H2,1H3,(H,6,7). The lowest BCUT2D eigenvalue weighted by Crippen LogP contribution is -2.43. The second-order valence-corrected chi connectivity index (χ2v) is 6.99. The number of Topliss-reactive ketones (excluding diaryl/α,β-unsaturated/α-hetero) is 2. The zero-order chi connectivity index (χ0) is 25.1. The summed E-state index contributed by atoms with van der Waals surface area (Å²) >= 11 is 0. The molecular formula is C18H34O13. The molecule has 0 rings (SSSR count). The van der Waals surface area contributed by atoms with E-state index < -0.39 is 62.4 Å². The molecule has 13 nitrogen and oxygen atoms in total. The van der Waals surface area contributed by atoms with Crippen molar-refractivity contribution in [2.75, 3.05) is 52.9 Å². The molecule has 0 saturated carbocycles. The van der Waals surface area contributed by atoms with Gasteiger partial charge in [-0.15, -0.1) is 0 Å². The minimum Gasteiger partial charge on any atom is -0.481 e. The van der Waals surface area contributed by atoms with Gasteiger partial charge in [0.1, 0.15) is 24.4 Å². The van der Waals surface area contributed by atoms with Crippen molar-refractivity contribution in [3.8, 4) is 0 Å². The Bertz CT molecular complexity index is 438. The Hall–Kier alpha value is -2.00. The Labute approximate surface area is 179 Å². The van der Waals surface area contributed by atoms with Gasteiger partial charge in [0, 0.05) is 0 Å². The molecule has 0 aromatic carbocycles. The number of carboxylic acid groups (broad SMARTS) is 2. The molecule has 0 aliphatic rings. The Morgan fingerprint density at radius 1 is 0.581 bits per heavy atom. The fraction of sp³-hybridized carbons (Fsp3) is 0.778. The van der Waals surface area contributed by atoms with E-state index in [9.17, 15) is 19.2 Å². The normalized spacial score (nSPS) is 10.8. The lowest BCUT2D eigenvalue weighted by molar-refractivity contribution is -0.141. The molecular weight excluding hydrogens is 424 g/mol. The van der Waals surface area contributed by atoms with E-state index in [1.807, 2.05) is 0 Å². The minimum absolute atomic E-state index is 0.141. The van der Waals surface area contributed by atoms with E-state index in [1.54, 1.807) is 0 Å². The van der Waals surface area contributed by atoms with Crippen LogP contribution in [0.3, 0.4) is 0 Å². The van der Waals surface area contributed by atoms with Crippen molar-refractivity contribution in [2.24, 2.45) is 10.8 Å². The highest BCUT2D eigenvalue weighted by molar-refractivity contribution is 5.93. The van der Waals surface area contributed by atoms with Gasteiger partial charge in [-0.3, -0.25) is 19.2 Å². The summed E-state index contributed by atoms with van der Waals surface area (Å²) in [6.45, 7) is -0.517. The molecule has 0 atom stereocenters. The van der Waals surface area contributed by atoms with Crippen molar-refractivity contribution in [3.05, 3.63) is 0 Å². The van der Waals surface area contributed by atoms with Crippen LogP contribution in [0, 0.1) is 10.8 Å². The third-order valence-electron chi connectivity index (χ3n) is 3.63. The van der Waals surface area contributed by atoms with Crippen LogP contribution in [0.2, 0.25) is 0 Å². The zero-order valence-corrected chi connectivity index (χ0v) is 17.7. The van der Waals surface area contributed by atoms with Crippen LogP contribution >= 0.6 is 0 Å². The van der Waals surface area contributed by atoms with E-state index in [-0.39, 0.29) is 37.6 Å². The highest BCUT2D eigenvalue weighted by Gasteiger charge is 2.32. The molecule has 0 radical (unpaired) electrons. The number of ketones is 2. The van der Waals surface area contributed by atoms with Crippen molar-refractivity contribution in [3.63, 3.8) is 0 Å². The second kappa shape index (κ2) is 18.7. The molecule has 0 aliphatic heterocycles. The van der Waals surface area contributed by atoms with Gasteiger partial charge in [0.05, 0.1) is 63.7 Å². The van der Waals surface area contributed by atoms with Crippen molar-refractivity contribution in [1.82, 2.24) is 0 Å². The number of aliphatic carboxylic acids is 2. The Morgan fingerprint density at radius 3 is 0.903 bits per heavy atom. The number of ether oxygens (including phenoxy) is 1. The average molecular weight is 458 g/mol. The smallest absolute Gasteiger partial charge is 0.310 e. The molecule has 8 N–H and O–H groups in total. The highest BCUT2D eigenvalue weighted by atomic mass is 16.5. The molecule has 0 aromatic heterocycles. The van der Waals surface area contributed by atoms with Crippen LogP contribution < -0.4 is 0 Å². The van der Waals surface area contributed by atoms with Crippen molar-refractivity contribution >= 4 is 23.5 Å². The Morgan fingerprint density at radius 2 is 0.806 bits per heavy atom. The molecule has 0 fully saturated rings. The minimum atomic E-state index is -1.16. The maximum Gasteiger partial charge on any atom is 0.310 e. The van der Waals surface area contributed by atoms with Crippen LogP contribution in [-0.2, 0) is 23.9 Å². The maximum atomic E-state index is 9.87. The number of hydrogen-bond acceptors (Lipinski definition) is 11. The zero-order valence-electron chi connectivity index (χ0n) is 17.7. The summed E-state index contributed by atoms with van der Waals surface area (Å²) in [5, 5.41) is 69.9. The molecule has 184 valence electrons. The third kappa shape index (κ3) is 18.5. The summed E-state index contributed by atoms with van der Waals surface area (Å²) < 4.78 is 5.15. The van der Waals surface area contributed by atoms with Crippen LogP contribution in [-0.4, -0.2) is 117 Å². The topological polar surface area (TPSA) is 239 Å². The van der Waals surface area contributed by atoms with Crippen LogP contribution in [0.4, 0.5) is 0 Å². The van der Waals surface area contributed by atoms with Gasteiger partial charge in [-0.25, -0.2) is 0 Å². The second-order valence-electron chi connectivity index (χ2n) is 6.99. The van der Waals surface area contributed by atoms with Crippen molar-refractivity contribution in [1.29, 1.82) is 0 Å². The Balaban J connectivity index is -0.000000460. The third-order valence-corrected chi connectivity index (χ3v) is 3.63. The number of hydrogen-bond donors (Lipinski definition) is 8. The average Bonchev–Trinajstić information content (AvgIpc) is 2.68. The van der Waals surface area contributed by atoms with Crippen LogP contribution in [0.5, 0.6) is 0 Å². The molecule has 13 heteroatoms. The fourth-order valence-electron chi connectivity index (χ4n) is 1.48. The predicted molar refractivity (Wildman–Crippen MR) is 104 cm³/mol. The quantitative estimate of drug-likeness (QED) is 0.121. The number of aliphatic hydroxyl groups is 6. The number of carboxylic acids is 2. The highest BCUT2D eigenvalue weighted by Crippen LogP contribution is 2.19. The van der Waals surface area contributed by atoms with Gasteiger partial charge in [-0.05, 0) is 13.8 Å². The molecule has 0 aromatic rings. The van der Waals surface area contributed by atoms with E-state index >= 15 is 0 Å². The molecule has 0 amide bonds. The van der Waals surface area contributed by atoms with E-state index in [4.69, 9.17) is 45.6 Å². The molecule has 0 aliphatic carbocycles. The first-order chi connectivity index (χ1) is 14.3. The summed E-state index contributed by atoms with van der Waals surface area (Å²) in [7, 11) is 0. The van der Waals surface area contributed by atoms with Crippen molar-refractivity contribution in [2.45, 2.75) is 26.7 Å². The Kier molecular flexibility index (Phi) is 20.3.